The molecule has 2 atom stereocenters. The van der Waals surface area contributed by atoms with Gasteiger partial charge in [-0.05, 0) is 31.6 Å². The van der Waals surface area contributed by atoms with Crippen LogP contribution in [0.1, 0.15) is 12.0 Å². The third-order valence-corrected chi connectivity index (χ3v) is 5.90. The van der Waals surface area contributed by atoms with Gasteiger partial charge in [0, 0.05) is 18.7 Å². The van der Waals surface area contributed by atoms with Gasteiger partial charge in [0.05, 0.1) is 23.8 Å². The maximum absolute atomic E-state index is 14.4. The van der Waals surface area contributed by atoms with Crippen molar-refractivity contribution in [2.45, 2.75) is 25.4 Å². The number of hydrogen-bond donors (Lipinski definition) is 1. The van der Waals surface area contributed by atoms with Gasteiger partial charge in [0.25, 0.3) is 0 Å². The van der Waals surface area contributed by atoms with E-state index in [0.717, 1.165) is 18.4 Å². The van der Waals surface area contributed by atoms with E-state index < -0.39 is 11.6 Å². The number of carbonyl (C=O) groups excluding carboxylic acids is 1. The fraction of sp³-hybridized carbons (Fsp3) is 0.286. The topological polar surface area (TPSA) is 87.1 Å². The van der Waals surface area contributed by atoms with Crippen LogP contribution in [0.4, 0.5) is 26.2 Å². The third kappa shape index (κ3) is 3.15. The van der Waals surface area contributed by atoms with Crippen LogP contribution >= 0.6 is 0 Å². The number of anilines is 3. The molecule has 2 saturated heterocycles. The van der Waals surface area contributed by atoms with Gasteiger partial charge in [0.15, 0.2) is 17.5 Å². The van der Waals surface area contributed by atoms with Crippen LogP contribution in [-0.4, -0.2) is 55.9 Å². The van der Waals surface area contributed by atoms with Gasteiger partial charge < -0.3 is 15.1 Å². The fourth-order valence-electron chi connectivity index (χ4n) is 4.27. The molecule has 0 saturated carbocycles. The fourth-order valence-corrected chi connectivity index (χ4v) is 4.27. The summed E-state index contributed by atoms with van der Waals surface area (Å²) in [5, 5.41) is 2.82. The van der Waals surface area contributed by atoms with Gasteiger partial charge in [-0.15, -0.1) is 0 Å². The largest absolute Gasteiger partial charge is 0.350 e. The van der Waals surface area contributed by atoms with Crippen molar-refractivity contribution >= 4 is 34.4 Å². The van der Waals surface area contributed by atoms with Crippen molar-refractivity contribution in [2.24, 2.45) is 0 Å². The Kier molecular flexibility index (Phi) is 4.49. The monoisotopic (exact) mass is 423 g/mol. The van der Waals surface area contributed by atoms with Gasteiger partial charge in [-0.2, -0.15) is 0 Å². The SMILES string of the molecule is C=CC(=O)N1C[C@@H]2C[C@H]1CN2c1ccc2ncnc(Nc3ncc(F)c(C)c3F)c2n1. The molecule has 3 aromatic heterocycles. The molecule has 2 bridgehead atoms. The molecule has 0 aromatic carbocycles. The second-order valence-corrected chi connectivity index (χ2v) is 7.67. The summed E-state index contributed by atoms with van der Waals surface area (Å²) in [4.78, 5) is 32.9. The number of pyridine rings is 2. The highest BCUT2D eigenvalue weighted by Crippen LogP contribution is 2.35. The number of nitrogens with one attached hydrogen (secondary N) is 1. The third-order valence-electron chi connectivity index (χ3n) is 5.90. The first-order valence-electron chi connectivity index (χ1n) is 9.85. The van der Waals surface area contributed by atoms with Crippen LogP contribution in [0, 0.1) is 18.6 Å². The molecule has 0 spiro atoms. The predicted molar refractivity (Wildman–Crippen MR) is 111 cm³/mol. The number of halogens is 2. The Morgan fingerprint density at radius 1 is 1.19 bits per heavy atom. The highest BCUT2D eigenvalue weighted by Gasteiger charge is 2.45. The van der Waals surface area contributed by atoms with Crippen LogP contribution in [0.15, 0.2) is 37.3 Å². The zero-order chi connectivity index (χ0) is 21.7. The minimum Gasteiger partial charge on any atom is -0.350 e. The molecule has 2 aliphatic heterocycles. The second-order valence-electron chi connectivity index (χ2n) is 7.67. The van der Waals surface area contributed by atoms with Crippen LogP contribution in [0.3, 0.4) is 0 Å². The highest BCUT2D eigenvalue weighted by molar-refractivity contribution is 5.89. The zero-order valence-electron chi connectivity index (χ0n) is 16.7. The van der Waals surface area contributed by atoms with E-state index in [1.54, 1.807) is 0 Å². The molecule has 2 fully saturated rings. The number of hydrogen-bond acceptors (Lipinski definition) is 7. The number of likely N-dealkylation sites (tertiary alicyclic amines) is 1. The molecule has 0 unspecified atom stereocenters. The van der Waals surface area contributed by atoms with Crippen LogP contribution < -0.4 is 10.2 Å². The quantitative estimate of drug-likeness (QED) is 0.646. The molecule has 8 nitrogen and oxygen atoms in total. The Balaban J connectivity index is 1.47. The summed E-state index contributed by atoms with van der Waals surface area (Å²) < 4.78 is 28.0. The summed E-state index contributed by atoms with van der Waals surface area (Å²) in [6, 6.07) is 3.99. The van der Waals surface area contributed by atoms with Gasteiger partial charge >= 0.3 is 0 Å². The smallest absolute Gasteiger partial charge is 0.246 e. The number of rotatable bonds is 4. The number of carbonyl (C=O) groups is 1. The summed E-state index contributed by atoms with van der Waals surface area (Å²) in [7, 11) is 0. The molecule has 0 aliphatic carbocycles. The van der Waals surface area contributed by atoms with Crippen LogP contribution in [-0.2, 0) is 4.79 Å². The van der Waals surface area contributed by atoms with Gasteiger partial charge in [0.2, 0.25) is 5.91 Å². The number of fused-ring (bicyclic) bond motifs is 3. The van der Waals surface area contributed by atoms with Gasteiger partial charge in [0.1, 0.15) is 23.5 Å². The summed E-state index contributed by atoms with van der Waals surface area (Å²) >= 11 is 0. The van der Waals surface area contributed by atoms with Gasteiger partial charge in [-0.1, -0.05) is 6.58 Å². The molecule has 5 heterocycles. The molecular formula is C21H19F2N7O. The Hall–Kier alpha value is -3.69. The molecule has 5 rings (SSSR count). The van der Waals surface area contributed by atoms with Crippen molar-refractivity contribution in [2.75, 3.05) is 23.3 Å². The van der Waals surface area contributed by atoms with Crippen molar-refractivity contribution in [3.63, 3.8) is 0 Å². The molecule has 10 heteroatoms. The Labute approximate surface area is 176 Å². The molecule has 2 aliphatic rings. The molecule has 3 aromatic rings. The number of amides is 1. The lowest BCUT2D eigenvalue weighted by Crippen LogP contribution is -2.48. The van der Waals surface area contributed by atoms with E-state index in [4.69, 9.17) is 4.98 Å². The van der Waals surface area contributed by atoms with E-state index >= 15 is 0 Å². The van der Waals surface area contributed by atoms with E-state index in [1.807, 2.05) is 17.0 Å². The first-order chi connectivity index (χ1) is 15.0. The predicted octanol–water partition coefficient (Wildman–Crippen LogP) is 2.73. The summed E-state index contributed by atoms with van der Waals surface area (Å²) in [5.74, 6) is -0.687. The van der Waals surface area contributed by atoms with Gasteiger partial charge in [-0.3, -0.25) is 4.79 Å². The van der Waals surface area contributed by atoms with Crippen molar-refractivity contribution in [1.82, 2.24) is 24.8 Å². The van der Waals surface area contributed by atoms with Gasteiger partial charge in [-0.25, -0.2) is 28.7 Å². The molecule has 1 amide bonds. The summed E-state index contributed by atoms with van der Waals surface area (Å²) in [5.41, 5.74) is 0.898. The van der Waals surface area contributed by atoms with Crippen LogP contribution in [0.2, 0.25) is 0 Å². The number of nitrogens with zero attached hydrogens (tertiary/aromatic N) is 6. The zero-order valence-corrected chi connectivity index (χ0v) is 16.7. The van der Waals surface area contributed by atoms with Crippen LogP contribution in [0.5, 0.6) is 0 Å². The summed E-state index contributed by atoms with van der Waals surface area (Å²) in [6.07, 6.45) is 4.52. The highest BCUT2D eigenvalue weighted by atomic mass is 19.1. The maximum Gasteiger partial charge on any atom is 0.246 e. The minimum atomic E-state index is -0.785. The van der Waals surface area contributed by atoms with Crippen molar-refractivity contribution in [3.8, 4) is 0 Å². The minimum absolute atomic E-state index is 0.0531. The average molecular weight is 423 g/mol. The number of aromatic nitrogens is 4. The molecule has 158 valence electrons. The lowest BCUT2D eigenvalue weighted by Gasteiger charge is -2.34. The van der Waals surface area contributed by atoms with Crippen molar-refractivity contribution < 1.29 is 13.6 Å². The normalized spacial score (nSPS) is 19.8. The van der Waals surface area contributed by atoms with Crippen molar-refractivity contribution in [1.29, 1.82) is 0 Å². The Morgan fingerprint density at radius 3 is 2.77 bits per heavy atom. The Bertz CT molecular complexity index is 1220. The maximum atomic E-state index is 14.4. The lowest BCUT2D eigenvalue weighted by molar-refractivity contribution is -0.127. The average Bonchev–Trinajstić information content (AvgIpc) is 3.40. The second kappa shape index (κ2) is 7.22. The first-order valence-corrected chi connectivity index (χ1v) is 9.85. The summed E-state index contributed by atoms with van der Waals surface area (Å²) in [6.45, 7) is 6.21. The first kappa shape index (κ1) is 19.3. The van der Waals surface area contributed by atoms with Crippen molar-refractivity contribution in [3.05, 3.63) is 54.5 Å². The van der Waals surface area contributed by atoms with E-state index in [1.165, 1.54) is 19.3 Å². The molecule has 1 N–H and O–H groups in total. The van der Waals surface area contributed by atoms with Crippen LogP contribution in [0.25, 0.3) is 11.0 Å². The lowest BCUT2D eigenvalue weighted by atomic mass is 10.2. The standard InChI is InChI=1S/C21H19F2N7O/c1-3-17(31)30-9-12-6-13(30)8-29(12)16-5-4-15-19(27-16)21(26-10-25-15)28-20-18(23)11(2)14(22)7-24-20/h3-5,7,10,12-13H,1,6,8-9H2,2H3,(H,24,25,26,28)/t12-,13-/m0/s1. The number of piperazine rings is 1. The molecule has 31 heavy (non-hydrogen) atoms. The van der Waals surface area contributed by atoms with E-state index in [9.17, 15) is 13.6 Å². The van der Waals surface area contributed by atoms with E-state index in [0.29, 0.717) is 24.1 Å². The van der Waals surface area contributed by atoms with E-state index in [2.05, 4.69) is 31.7 Å². The van der Waals surface area contributed by atoms with E-state index in [-0.39, 0.29) is 35.2 Å². The Morgan fingerprint density at radius 2 is 2.03 bits per heavy atom. The molecular weight excluding hydrogens is 404 g/mol. The molecule has 0 radical (unpaired) electrons.